The highest BCUT2D eigenvalue weighted by molar-refractivity contribution is 7.46. The smallest absolute Gasteiger partial charge is 0.387 e. The molecule has 0 radical (unpaired) electrons. The van der Waals surface area contributed by atoms with Crippen molar-refractivity contribution in [3.8, 4) is 0 Å². The number of nitro benzene ring substituents is 1. The van der Waals surface area contributed by atoms with Crippen LogP contribution in [0.15, 0.2) is 24.3 Å². The van der Waals surface area contributed by atoms with Gasteiger partial charge in [0.1, 0.15) is 24.4 Å². The summed E-state index contributed by atoms with van der Waals surface area (Å²) in [5.74, 6) is -2.83. The van der Waals surface area contributed by atoms with Gasteiger partial charge in [-0.2, -0.15) is 0 Å². The van der Waals surface area contributed by atoms with Crippen molar-refractivity contribution in [2.45, 2.75) is 30.2 Å². The van der Waals surface area contributed by atoms with Gasteiger partial charge in [-0.1, -0.05) is 12.1 Å². The van der Waals surface area contributed by atoms with Gasteiger partial charge in [0.15, 0.2) is 0 Å². The van der Waals surface area contributed by atoms with Crippen molar-refractivity contribution in [3.05, 3.63) is 39.9 Å². The molecule has 0 spiro atoms. The quantitative estimate of drug-likeness (QED) is 0.193. The lowest BCUT2D eigenvalue weighted by atomic mass is 9.87. The fourth-order valence-electron chi connectivity index (χ4n) is 2.47. The Morgan fingerprint density at radius 1 is 1.24 bits per heavy atom. The highest BCUT2D eigenvalue weighted by atomic mass is 31.2. The maximum absolute atomic E-state index is 11.1. The van der Waals surface area contributed by atoms with E-state index in [2.05, 4.69) is 4.52 Å². The molecule has 0 saturated carbocycles. The third-order valence-electron chi connectivity index (χ3n) is 3.68. The summed E-state index contributed by atoms with van der Waals surface area (Å²) in [5.41, 5.74) is -1.15. The maximum Gasteiger partial charge on any atom is 0.469 e. The summed E-state index contributed by atoms with van der Waals surface area (Å²) in [6, 6.07) is 4.67. The highest BCUT2D eigenvalue weighted by Gasteiger charge is 2.56. The number of para-hydroxylation sites is 1. The van der Waals surface area contributed by atoms with Crippen LogP contribution in [0.1, 0.15) is 5.56 Å². The zero-order valence-corrected chi connectivity index (χ0v) is 13.3. The number of ether oxygens (including phenoxy) is 1. The first-order valence-electron chi connectivity index (χ1n) is 6.85. The third-order valence-corrected chi connectivity index (χ3v) is 4.17. The number of rotatable bonds is 5. The molecule has 2 rings (SSSR count). The van der Waals surface area contributed by atoms with E-state index in [-0.39, 0.29) is 0 Å². The molecule has 140 valence electrons. The maximum atomic E-state index is 11.1. The lowest BCUT2D eigenvalue weighted by Crippen LogP contribution is -2.63. The fourth-order valence-corrected chi connectivity index (χ4v) is 2.81. The molecule has 0 aliphatic carbocycles. The SMILES string of the molecule is O=[N+]([O-])c1ccccc1[C@@]1(O)O[C@H](COP(=O)(O)O)[C@H](O)[C@H](O)[C@H]1O. The number of aliphatic hydroxyl groups is 4. The zero-order valence-electron chi connectivity index (χ0n) is 12.4. The second kappa shape index (κ2) is 7.03. The molecule has 1 fully saturated rings. The Hall–Kier alpha value is -1.47. The van der Waals surface area contributed by atoms with Gasteiger partial charge in [-0.05, 0) is 6.07 Å². The monoisotopic (exact) mass is 381 g/mol. The molecule has 13 heteroatoms. The van der Waals surface area contributed by atoms with Gasteiger partial charge in [-0.15, -0.1) is 0 Å². The lowest BCUT2D eigenvalue weighted by molar-refractivity contribution is -0.396. The lowest BCUT2D eigenvalue weighted by Gasteiger charge is -2.45. The van der Waals surface area contributed by atoms with Gasteiger partial charge in [0.25, 0.3) is 5.69 Å². The third kappa shape index (κ3) is 4.03. The zero-order chi connectivity index (χ0) is 19.0. The van der Waals surface area contributed by atoms with Crippen LogP contribution in [0, 0.1) is 10.1 Å². The number of hydrogen-bond acceptors (Lipinski definition) is 9. The molecular formula is C12H16NO11P. The standard InChI is InChI=1S/C12H16NO11P/c14-9-8(5-23-25(20,21)22)24-12(17,11(16)10(9)15)6-3-1-2-4-7(6)13(18)19/h1-4,8-11,14-17H,5H2,(H2,20,21,22)/t8-,9+,10+,11-,12-/m1/s1. The van der Waals surface area contributed by atoms with Crippen LogP contribution in [0.25, 0.3) is 0 Å². The number of phosphoric ester groups is 1. The summed E-state index contributed by atoms with van der Waals surface area (Å²) in [4.78, 5) is 27.7. The average molecular weight is 381 g/mol. The Labute approximate surface area is 140 Å². The van der Waals surface area contributed by atoms with Crippen molar-refractivity contribution < 1.29 is 49.0 Å². The molecule has 6 N–H and O–H groups in total. The average Bonchev–Trinajstić information content (AvgIpc) is 2.54. The first-order chi connectivity index (χ1) is 11.5. The summed E-state index contributed by atoms with van der Waals surface area (Å²) in [5, 5.41) is 51.6. The minimum atomic E-state index is -4.96. The second-order valence-corrected chi connectivity index (χ2v) is 6.58. The number of aliphatic hydroxyl groups excluding tert-OH is 3. The van der Waals surface area contributed by atoms with Crippen LogP contribution in [0.4, 0.5) is 5.69 Å². The van der Waals surface area contributed by atoms with E-state index in [9.17, 15) is 35.1 Å². The largest absolute Gasteiger partial charge is 0.469 e. The minimum Gasteiger partial charge on any atom is -0.387 e. The second-order valence-electron chi connectivity index (χ2n) is 5.34. The predicted molar refractivity (Wildman–Crippen MR) is 77.9 cm³/mol. The van der Waals surface area contributed by atoms with E-state index in [1.165, 1.54) is 12.1 Å². The highest BCUT2D eigenvalue weighted by Crippen LogP contribution is 2.42. The number of nitrogens with zero attached hydrogens (tertiary/aromatic N) is 1. The Morgan fingerprint density at radius 3 is 2.40 bits per heavy atom. The Morgan fingerprint density at radius 2 is 1.84 bits per heavy atom. The molecular weight excluding hydrogens is 365 g/mol. The molecule has 1 heterocycles. The van der Waals surface area contributed by atoms with Gasteiger partial charge < -0.3 is 34.9 Å². The van der Waals surface area contributed by atoms with Crippen LogP contribution < -0.4 is 0 Å². The van der Waals surface area contributed by atoms with Crippen molar-refractivity contribution in [1.82, 2.24) is 0 Å². The van der Waals surface area contributed by atoms with Crippen LogP contribution in [0.2, 0.25) is 0 Å². The normalized spacial score (nSPS) is 33.2. The molecule has 0 aromatic heterocycles. The Kier molecular flexibility index (Phi) is 5.59. The van der Waals surface area contributed by atoms with Crippen LogP contribution in [0.5, 0.6) is 0 Å². The summed E-state index contributed by atoms with van der Waals surface area (Å²) in [6.45, 7) is -0.960. The van der Waals surface area contributed by atoms with Gasteiger partial charge in [-0.25, -0.2) is 4.57 Å². The van der Waals surface area contributed by atoms with Crippen LogP contribution >= 0.6 is 7.82 Å². The van der Waals surface area contributed by atoms with E-state index in [0.717, 1.165) is 12.1 Å². The molecule has 25 heavy (non-hydrogen) atoms. The molecule has 0 bridgehead atoms. The molecule has 5 atom stereocenters. The topological polar surface area (TPSA) is 200 Å². The Balaban J connectivity index is 2.41. The molecule has 0 unspecified atom stereocenters. The summed E-state index contributed by atoms with van der Waals surface area (Å²) in [6.07, 6.45) is -7.81. The van der Waals surface area contributed by atoms with Gasteiger partial charge in [0.2, 0.25) is 5.79 Å². The molecule has 12 nitrogen and oxygen atoms in total. The van der Waals surface area contributed by atoms with E-state index in [0.29, 0.717) is 0 Å². The number of nitro groups is 1. The van der Waals surface area contributed by atoms with Crippen LogP contribution in [0.3, 0.4) is 0 Å². The molecule has 1 aliphatic heterocycles. The van der Waals surface area contributed by atoms with Crippen LogP contribution in [-0.4, -0.2) is 66.2 Å². The van der Waals surface area contributed by atoms with Crippen molar-refractivity contribution in [1.29, 1.82) is 0 Å². The van der Waals surface area contributed by atoms with Crippen molar-refractivity contribution >= 4 is 13.5 Å². The van der Waals surface area contributed by atoms with Crippen molar-refractivity contribution in [2.75, 3.05) is 6.61 Å². The Bertz CT molecular complexity index is 693. The van der Waals surface area contributed by atoms with Crippen molar-refractivity contribution in [2.24, 2.45) is 0 Å². The van der Waals surface area contributed by atoms with Gasteiger partial charge in [-0.3, -0.25) is 14.6 Å². The molecule has 0 amide bonds. The van der Waals surface area contributed by atoms with E-state index < -0.39 is 60.8 Å². The van der Waals surface area contributed by atoms with Gasteiger partial charge >= 0.3 is 7.82 Å². The van der Waals surface area contributed by atoms with E-state index >= 15 is 0 Å². The molecule has 1 aromatic rings. The van der Waals surface area contributed by atoms with Crippen molar-refractivity contribution in [3.63, 3.8) is 0 Å². The molecule has 1 saturated heterocycles. The summed E-state index contributed by atoms with van der Waals surface area (Å²) in [7, 11) is -4.96. The van der Waals surface area contributed by atoms with Gasteiger partial charge in [0.05, 0.1) is 17.1 Å². The van der Waals surface area contributed by atoms with Crippen LogP contribution in [-0.2, 0) is 19.6 Å². The first kappa shape index (κ1) is 19.8. The molecule has 1 aliphatic rings. The fraction of sp³-hybridized carbons (Fsp3) is 0.500. The van der Waals surface area contributed by atoms with E-state index in [4.69, 9.17) is 14.5 Å². The van der Waals surface area contributed by atoms with E-state index in [1.54, 1.807) is 0 Å². The van der Waals surface area contributed by atoms with E-state index in [1.807, 2.05) is 0 Å². The summed E-state index contributed by atoms with van der Waals surface area (Å²) >= 11 is 0. The number of benzene rings is 1. The molecule has 1 aromatic carbocycles. The van der Waals surface area contributed by atoms with Gasteiger partial charge in [0, 0.05) is 6.07 Å². The number of hydrogen-bond donors (Lipinski definition) is 6. The minimum absolute atomic E-state index is 0.514. The predicted octanol–water partition coefficient (Wildman–Crippen LogP) is -1.67. The number of phosphoric acid groups is 1. The summed E-state index contributed by atoms with van der Waals surface area (Å²) < 4.78 is 20.0. The first-order valence-corrected chi connectivity index (χ1v) is 8.39.